The summed E-state index contributed by atoms with van der Waals surface area (Å²) in [6, 6.07) is 4.58. The molecule has 16 heavy (non-hydrogen) atoms. The van der Waals surface area contributed by atoms with E-state index < -0.39 is 5.91 Å². The van der Waals surface area contributed by atoms with Gasteiger partial charge in [0.15, 0.2) is 0 Å². The summed E-state index contributed by atoms with van der Waals surface area (Å²) >= 11 is 3.02. The molecule has 1 rings (SSSR count). The van der Waals surface area contributed by atoms with Crippen LogP contribution in [-0.2, 0) is 4.79 Å². The van der Waals surface area contributed by atoms with E-state index in [0.717, 1.165) is 0 Å². The van der Waals surface area contributed by atoms with Crippen LogP contribution in [0.2, 0.25) is 0 Å². The summed E-state index contributed by atoms with van der Waals surface area (Å²) in [7, 11) is 1.48. The minimum atomic E-state index is -0.558. The second-order valence-electron chi connectivity index (χ2n) is 2.96. The summed E-state index contributed by atoms with van der Waals surface area (Å²) < 4.78 is 5.04. The van der Waals surface area contributed by atoms with Gasteiger partial charge in [0.25, 0.3) is 0 Å². The molecule has 1 aromatic carbocycles. The predicted molar refractivity (Wildman–Crippen MR) is 63.9 cm³/mol. The highest BCUT2D eigenvalue weighted by Crippen LogP contribution is 2.25. The van der Waals surface area contributed by atoms with Crippen LogP contribution in [0.15, 0.2) is 18.2 Å². The van der Waals surface area contributed by atoms with Crippen molar-refractivity contribution in [1.82, 2.24) is 0 Å². The van der Waals surface area contributed by atoms with E-state index in [1.165, 1.54) is 19.2 Å². The molecule has 0 aliphatic rings. The number of methoxy groups -OCH3 is 1. The third kappa shape index (κ3) is 2.96. The Balaban J connectivity index is 3.06. The normalized spacial score (nSPS) is 9.62. The highest BCUT2D eigenvalue weighted by atomic mass is 79.9. The second kappa shape index (κ2) is 5.50. The van der Waals surface area contributed by atoms with Crippen molar-refractivity contribution < 1.29 is 14.3 Å². The zero-order valence-corrected chi connectivity index (χ0v) is 10.2. The van der Waals surface area contributed by atoms with Crippen molar-refractivity contribution in [1.29, 1.82) is 0 Å². The lowest BCUT2D eigenvalue weighted by Gasteiger charge is -2.10. The van der Waals surface area contributed by atoms with Crippen molar-refractivity contribution in [3.05, 3.63) is 23.8 Å². The Bertz CT molecular complexity index is 421. The fraction of sp³-hybridized carbons (Fsp3) is 0.200. The molecule has 0 saturated carbocycles. The van der Waals surface area contributed by atoms with Gasteiger partial charge in [-0.3, -0.25) is 9.59 Å². The number of hydrogen-bond acceptors (Lipinski definition) is 3. The minimum absolute atomic E-state index is 0.164. The van der Waals surface area contributed by atoms with Crippen molar-refractivity contribution in [2.24, 2.45) is 5.73 Å². The number of nitrogens with two attached hydrogens (primary N) is 1. The van der Waals surface area contributed by atoms with Gasteiger partial charge in [-0.25, -0.2) is 0 Å². The standard InChI is InChI=1S/C10H11BrN2O3/c1-16-8-3-2-6(10(12)15)4-7(8)13-9(14)5-11/h2-4H,5H2,1H3,(H2,12,15)(H,13,14). The molecule has 1 aromatic rings. The van der Waals surface area contributed by atoms with Crippen LogP contribution in [-0.4, -0.2) is 24.3 Å². The fourth-order valence-corrected chi connectivity index (χ4v) is 1.28. The van der Waals surface area contributed by atoms with Gasteiger partial charge in [0, 0.05) is 5.56 Å². The molecule has 6 heteroatoms. The number of amides is 2. The Kier molecular flexibility index (Phi) is 4.30. The van der Waals surface area contributed by atoms with E-state index >= 15 is 0 Å². The van der Waals surface area contributed by atoms with Crippen molar-refractivity contribution in [3.63, 3.8) is 0 Å². The second-order valence-corrected chi connectivity index (χ2v) is 3.52. The topological polar surface area (TPSA) is 81.4 Å². The highest BCUT2D eigenvalue weighted by molar-refractivity contribution is 9.09. The number of carbonyl (C=O) groups is 2. The van der Waals surface area contributed by atoms with Gasteiger partial charge in [0.1, 0.15) is 5.75 Å². The molecule has 3 N–H and O–H groups in total. The molecule has 0 heterocycles. The first-order valence-corrected chi connectivity index (χ1v) is 5.54. The number of anilines is 1. The van der Waals surface area contributed by atoms with E-state index in [4.69, 9.17) is 10.5 Å². The van der Waals surface area contributed by atoms with E-state index in [-0.39, 0.29) is 11.2 Å². The maximum Gasteiger partial charge on any atom is 0.248 e. The molecular weight excluding hydrogens is 276 g/mol. The van der Waals surface area contributed by atoms with E-state index in [0.29, 0.717) is 17.0 Å². The maximum atomic E-state index is 11.2. The molecule has 0 atom stereocenters. The molecule has 0 aromatic heterocycles. The molecule has 0 unspecified atom stereocenters. The van der Waals surface area contributed by atoms with E-state index in [1.807, 2.05) is 0 Å². The number of benzene rings is 1. The molecule has 0 aliphatic heterocycles. The predicted octanol–water partition coefficient (Wildman–Crippen LogP) is 1.13. The Morgan fingerprint density at radius 3 is 2.69 bits per heavy atom. The van der Waals surface area contributed by atoms with E-state index in [1.54, 1.807) is 6.07 Å². The lowest BCUT2D eigenvalue weighted by atomic mass is 10.1. The first kappa shape index (κ1) is 12.5. The van der Waals surface area contributed by atoms with Gasteiger partial charge in [-0.2, -0.15) is 0 Å². The van der Waals surface area contributed by atoms with Crippen LogP contribution in [0, 0.1) is 0 Å². The molecule has 0 fully saturated rings. The minimum Gasteiger partial charge on any atom is -0.495 e. The first-order chi connectivity index (χ1) is 7.58. The van der Waals surface area contributed by atoms with Gasteiger partial charge in [-0.15, -0.1) is 0 Å². The van der Waals surface area contributed by atoms with Crippen molar-refractivity contribution >= 4 is 33.4 Å². The lowest BCUT2D eigenvalue weighted by molar-refractivity contribution is -0.113. The zero-order chi connectivity index (χ0) is 12.1. The van der Waals surface area contributed by atoms with Crippen LogP contribution < -0.4 is 15.8 Å². The van der Waals surface area contributed by atoms with Crippen LogP contribution >= 0.6 is 15.9 Å². The fourth-order valence-electron chi connectivity index (χ4n) is 1.14. The summed E-state index contributed by atoms with van der Waals surface area (Å²) in [5.74, 6) is -0.323. The van der Waals surface area contributed by atoms with Gasteiger partial charge in [0.05, 0.1) is 18.1 Å². The summed E-state index contributed by atoms with van der Waals surface area (Å²) in [5, 5.41) is 2.75. The number of carbonyl (C=O) groups excluding carboxylic acids is 2. The van der Waals surface area contributed by atoms with Gasteiger partial charge < -0.3 is 15.8 Å². The number of hydrogen-bond donors (Lipinski definition) is 2. The molecule has 86 valence electrons. The number of halogens is 1. The van der Waals surface area contributed by atoms with Crippen LogP contribution in [0.25, 0.3) is 0 Å². The van der Waals surface area contributed by atoms with E-state index in [2.05, 4.69) is 21.2 Å². The highest BCUT2D eigenvalue weighted by Gasteiger charge is 2.09. The Labute approximate surface area is 101 Å². The smallest absolute Gasteiger partial charge is 0.248 e. The number of alkyl halides is 1. The van der Waals surface area contributed by atoms with Crippen LogP contribution in [0.4, 0.5) is 5.69 Å². The SMILES string of the molecule is COc1ccc(C(N)=O)cc1NC(=O)CBr. The van der Waals surface area contributed by atoms with Crippen LogP contribution in [0.3, 0.4) is 0 Å². The Morgan fingerprint density at radius 1 is 1.50 bits per heavy atom. The van der Waals surface area contributed by atoms with Crippen molar-refractivity contribution in [3.8, 4) is 5.75 Å². The summed E-state index contributed by atoms with van der Waals surface area (Å²) in [4.78, 5) is 22.2. The number of primary amides is 1. The van der Waals surface area contributed by atoms with Gasteiger partial charge in [-0.05, 0) is 18.2 Å². The lowest BCUT2D eigenvalue weighted by Crippen LogP contribution is -2.15. The average Bonchev–Trinajstić information content (AvgIpc) is 2.28. The molecule has 2 amide bonds. The largest absolute Gasteiger partial charge is 0.495 e. The molecule has 5 nitrogen and oxygen atoms in total. The van der Waals surface area contributed by atoms with Gasteiger partial charge in [-0.1, -0.05) is 15.9 Å². The molecule has 0 aliphatic carbocycles. The molecular formula is C10H11BrN2O3. The quantitative estimate of drug-likeness (QED) is 0.814. The Hall–Kier alpha value is -1.56. The van der Waals surface area contributed by atoms with Crippen LogP contribution in [0.5, 0.6) is 5.75 Å². The molecule has 0 saturated heterocycles. The number of ether oxygens (including phenoxy) is 1. The molecule has 0 bridgehead atoms. The molecule has 0 spiro atoms. The molecule has 0 radical (unpaired) electrons. The van der Waals surface area contributed by atoms with Gasteiger partial charge in [0.2, 0.25) is 11.8 Å². The van der Waals surface area contributed by atoms with Crippen LogP contribution in [0.1, 0.15) is 10.4 Å². The third-order valence-electron chi connectivity index (χ3n) is 1.88. The van der Waals surface area contributed by atoms with Crippen molar-refractivity contribution in [2.45, 2.75) is 0 Å². The first-order valence-electron chi connectivity index (χ1n) is 4.42. The Morgan fingerprint density at radius 2 is 2.19 bits per heavy atom. The number of nitrogens with one attached hydrogen (secondary N) is 1. The third-order valence-corrected chi connectivity index (χ3v) is 2.39. The van der Waals surface area contributed by atoms with Crippen molar-refractivity contribution in [2.75, 3.05) is 17.8 Å². The van der Waals surface area contributed by atoms with E-state index in [9.17, 15) is 9.59 Å². The summed E-state index contributed by atoms with van der Waals surface area (Å²) in [5.41, 5.74) is 5.87. The average molecular weight is 287 g/mol. The van der Waals surface area contributed by atoms with Gasteiger partial charge >= 0.3 is 0 Å². The number of rotatable bonds is 4. The maximum absolute atomic E-state index is 11.2. The summed E-state index contributed by atoms with van der Waals surface area (Å²) in [6.07, 6.45) is 0. The summed E-state index contributed by atoms with van der Waals surface area (Å²) in [6.45, 7) is 0. The monoisotopic (exact) mass is 286 g/mol. The zero-order valence-electron chi connectivity index (χ0n) is 8.62.